The van der Waals surface area contributed by atoms with E-state index in [1.54, 1.807) is 6.92 Å². The summed E-state index contributed by atoms with van der Waals surface area (Å²) in [6.07, 6.45) is 2.41. The maximum Gasteiger partial charge on any atom is 0.293 e. The molecule has 1 rings (SSSR count). The Morgan fingerprint density at radius 2 is 1.92 bits per heavy atom. The third-order valence-electron chi connectivity index (χ3n) is 1.66. The first kappa shape index (κ1) is 10.5. The third kappa shape index (κ3) is 1.84. The number of rotatable bonds is 1. The fourth-order valence-corrected chi connectivity index (χ4v) is 1.65. The summed E-state index contributed by atoms with van der Waals surface area (Å²) in [5.41, 5.74) is -0.221. The maximum absolute atomic E-state index is 10.5. The van der Waals surface area contributed by atoms with E-state index in [2.05, 4.69) is 6.08 Å². The molecule has 6 heteroatoms. The molecule has 0 aromatic carbocycles. The van der Waals surface area contributed by atoms with E-state index in [9.17, 15) is 10.1 Å². The number of hydrogen-bond acceptors (Lipinski definition) is 5. The predicted molar refractivity (Wildman–Crippen MR) is 60.7 cm³/mol. The van der Waals surface area contributed by atoms with Crippen LogP contribution in [0.25, 0.3) is 0 Å². The second-order valence-corrected chi connectivity index (χ2v) is 3.80. The standard InChI is InChI=1S/C7H4NO2S3/c1-3-6(12)4(8(9)10)2-5(11)7(3)13/h3H,1H3. The van der Waals surface area contributed by atoms with Crippen molar-refractivity contribution in [1.29, 1.82) is 0 Å². The first-order chi connectivity index (χ1) is 5.95. The van der Waals surface area contributed by atoms with Crippen molar-refractivity contribution in [3.05, 3.63) is 21.9 Å². The molecule has 0 bridgehead atoms. The van der Waals surface area contributed by atoms with Crippen molar-refractivity contribution < 1.29 is 4.92 Å². The van der Waals surface area contributed by atoms with Gasteiger partial charge in [0, 0.05) is 10.8 Å². The quantitative estimate of drug-likeness (QED) is 0.390. The van der Waals surface area contributed by atoms with Crippen molar-refractivity contribution in [3.63, 3.8) is 0 Å². The smallest absolute Gasteiger partial charge is 0.258 e. The Kier molecular flexibility index (Phi) is 2.94. The van der Waals surface area contributed by atoms with Gasteiger partial charge in [-0.3, -0.25) is 10.1 Å². The van der Waals surface area contributed by atoms with Gasteiger partial charge in [0.1, 0.15) is 4.86 Å². The second-order valence-electron chi connectivity index (χ2n) is 2.51. The van der Waals surface area contributed by atoms with E-state index in [1.165, 1.54) is 0 Å². The van der Waals surface area contributed by atoms with Crippen molar-refractivity contribution in [2.75, 3.05) is 0 Å². The van der Waals surface area contributed by atoms with Gasteiger partial charge in [-0.05, 0) is 0 Å². The van der Waals surface area contributed by atoms with Crippen molar-refractivity contribution in [2.45, 2.75) is 6.92 Å². The highest BCUT2D eigenvalue weighted by atomic mass is 32.1. The Labute approximate surface area is 91.0 Å². The molecule has 0 spiro atoms. The number of nitro groups is 1. The lowest BCUT2D eigenvalue weighted by atomic mass is 9.93. The van der Waals surface area contributed by atoms with Gasteiger partial charge in [0.25, 0.3) is 5.70 Å². The van der Waals surface area contributed by atoms with Crippen LogP contribution in [0.4, 0.5) is 0 Å². The Morgan fingerprint density at radius 1 is 1.38 bits per heavy atom. The minimum absolute atomic E-state index is 0.212. The molecule has 0 heterocycles. The van der Waals surface area contributed by atoms with Gasteiger partial charge in [0.15, 0.2) is 0 Å². The van der Waals surface area contributed by atoms with Crippen LogP contribution < -0.4 is 0 Å². The highest BCUT2D eigenvalue weighted by Crippen LogP contribution is 2.18. The van der Waals surface area contributed by atoms with Gasteiger partial charge < -0.3 is 0 Å². The highest BCUT2D eigenvalue weighted by molar-refractivity contribution is 7.90. The Bertz CT molecular complexity index is 359. The van der Waals surface area contributed by atoms with E-state index in [0.29, 0.717) is 4.86 Å². The van der Waals surface area contributed by atoms with Crippen LogP contribution in [-0.2, 0) is 0 Å². The predicted octanol–water partition coefficient (Wildman–Crippen LogP) is 1.71. The average molecular weight is 230 g/mol. The summed E-state index contributed by atoms with van der Waals surface area (Å²) in [6.45, 7) is 1.71. The molecule has 0 amide bonds. The lowest BCUT2D eigenvalue weighted by Gasteiger charge is -2.15. The molecule has 1 radical (unpaired) electrons. The molecule has 0 N–H and O–H groups in total. The van der Waals surface area contributed by atoms with Crippen molar-refractivity contribution >= 4 is 51.2 Å². The van der Waals surface area contributed by atoms with E-state index >= 15 is 0 Å². The molecule has 1 unspecified atom stereocenters. The number of nitrogens with zero attached hydrogens (tertiary/aromatic N) is 1. The van der Waals surface area contributed by atoms with Crippen LogP contribution in [0.15, 0.2) is 5.70 Å². The average Bonchev–Trinajstić information content (AvgIpc) is 2.07. The molecule has 0 saturated carbocycles. The van der Waals surface area contributed by atoms with Crippen molar-refractivity contribution in [1.82, 2.24) is 0 Å². The number of hydrogen-bond donors (Lipinski definition) is 0. The molecule has 0 fully saturated rings. The first-order valence-electron chi connectivity index (χ1n) is 3.36. The fourth-order valence-electron chi connectivity index (χ4n) is 0.887. The van der Waals surface area contributed by atoms with Gasteiger partial charge in [0.2, 0.25) is 0 Å². The summed E-state index contributed by atoms with van der Waals surface area (Å²) in [4.78, 5) is 10.8. The summed E-state index contributed by atoms with van der Waals surface area (Å²) in [6, 6.07) is 0. The Hall–Kier alpha value is -0.590. The second kappa shape index (κ2) is 3.65. The van der Waals surface area contributed by atoms with Gasteiger partial charge in [0.05, 0.1) is 15.9 Å². The molecule has 0 aromatic heterocycles. The molecule has 0 saturated heterocycles. The van der Waals surface area contributed by atoms with Crippen molar-refractivity contribution in [3.8, 4) is 0 Å². The van der Waals surface area contributed by atoms with Crippen LogP contribution in [0, 0.1) is 22.1 Å². The van der Waals surface area contributed by atoms with Gasteiger partial charge in [-0.25, -0.2) is 0 Å². The SMILES string of the molecule is CC1C(=S)C(=S)[C]=C([N+](=O)[O-])C1=S. The number of allylic oxidation sites excluding steroid dienone is 2. The van der Waals surface area contributed by atoms with E-state index in [0.717, 1.165) is 0 Å². The van der Waals surface area contributed by atoms with Gasteiger partial charge in [-0.1, -0.05) is 43.6 Å². The molecular weight excluding hydrogens is 226 g/mol. The normalized spacial score (nSPS) is 23.0. The zero-order chi connectivity index (χ0) is 10.2. The maximum atomic E-state index is 10.5. The topological polar surface area (TPSA) is 43.1 Å². The molecule has 67 valence electrons. The molecule has 1 aliphatic rings. The van der Waals surface area contributed by atoms with Gasteiger partial charge >= 0.3 is 0 Å². The van der Waals surface area contributed by atoms with Crippen LogP contribution in [0.3, 0.4) is 0 Å². The lowest BCUT2D eigenvalue weighted by Crippen LogP contribution is -2.32. The molecule has 3 nitrogen and oxygen atoms in total. The van der Waals surface area contributed by atoms with Gasteiger partial charge in [-0.2, -0.15) is 0 Å². The molecule has 13 heavy (non-hydrogen) atoms. The van der Waals surface area contributed by atoms with E-state index in [4.69, 9.17) is 36.7 Å². The van der Waals surface area contributed by atoms with Crippen LogP contribution in [0.1, 0.15) is 6.92 Å². The summed E-state index contributed by atoms with van der Waals surface area (Å²) in [5, 5.41) is 10.5. The van der Waals surface area contributed by atoms with E-state index < -0.39 is 4.92 Å². The van der Waals surface area contributed by atoms with Crippen LogP contribution in [0.5, 0.6) is 0 Å². The van der Waals surface area contributed by atoms with Crippen molar-refractivity contribution in [2.24, 2.45) is 5.92 Å². The zero-order valence-corrected chi connectivity index (χ0v) is 9.02. The van der Waals surface area contributed by atoms with Crippen LogP contribution in [-0.4, -0.2) is 19.5 Å². The summed E-state index contributed by atoms with van der Waals surface area (Å²) in [5.74, 6) is -0.306. The zero-order valence-electron chi connectivity index (χ0n) is 6.57. The van der Waals surface area contributed by atoms with E-state index in [1.807, 2.05) is 0 Å². The molecular formula is C7H4NO2S3. The van der Waals surface area contributed by atoms with Crippen LogP contribution in [0.2, 0.25) is 0 Å². The molecule has 1 atom stereocenters. The molecule has 0 aliphatic heterocycles. The van der Waals surface area contributed by atoms with Gasteiger partial charge in [-0.15, -0.1) is 0 Å². The lowest BCUT2D eigenvalue weighted by molar-refractivity contribution is -0.415. The first-order valence-corrected chi connectivity index (χ1v) is 4.58. The number of thiocarbonyl (C=S) groups is 3. The van der Waals surface area contributed by atoms with E-state index in [-0.39, 0.29) is 21.3 Å². The third-order valence-corrected chi connectivity index (χ3v) is 3.21. The highest BCUT2D eigenvalue weighted by Gasteiger charge is 2.32. The summed E-state index contributed by atoms with van der Waals surface area (Å²) < 4.78 is 0. The fraction of sp³-hybridized carbons (Fsp3) is 0.286. The van der Waals surface area contributed by atoms with Crippen LogP contribution >= 0.6 is 36.7 Å². The minimum Gasteiger partial charge on any atom is -0.258 e. The molecule has 0 aromatic rings. The monoisotopic (exact) mass is 230 g/mol. The Morgan fingerprint density at radius 3 is 2.38 bits per heavy atom. The Balaban J connectivity index is 3.20. The molecule has 1 aliphatic carbocycles. The minimum atomic E-state index is -0.576. The summed E-state index contributed by atoms with van der Waals surface area (Å²) in [7, 11) is 0. The largest absolute Gasteiger partial charge is 0.293 e. The summed E-state index contributed by atoms with van der Waals surface area (Å²) >= 11 is 14.6.